The fourth-order valence-corrected chi connectivity index (χ4v) is 2.63. The molecule has 0 aliphatic rings. The molecule has 0 radical (unpaired) electrons. The lowest BCUT2D eigenvalue weighted by Gasteiger charge is -2.22. The van der Waals surface area contributed by atoms with Crippen molar-refractivity contribution in [1.29, 1.82) is 0 Å². The van der Waals surface area contributed by atoms with Gasteiger partial charge in [-0.15, -0.1) is 0 Å². The van der Waals surface area contributed by atoms with Crippen LogP contribution in [-0.4, -0.2) is 10.2 Å². The molecule has 0 atom stereocenters. The summed E-state index contributed by atoms with van der Waals surface area (Å²) in [5, 5.41) is 20.1. The minimum atomic E-state index is -0.104. The average molecular weight is 310 g/mol. The van der Waals surface area contributed by atoms with Crippen molar-refractivity contribution in [2.45, 2.75) is 46.5 Å². The van der Waals surface area contributed by atoms with Crippen molar-refractivity contribution in [3.63, 3.8) is 0 Å². The first kappa shape index (κ1) is 17.1. The number of aromatic hydroxyl groups is 2. The third-order valence-electron chi connectivity index (χ3n) is 4.09. The second-order valence-corrected chi connectivity index (χ2v) is 7.06. The molecule has 0 amide bonds. The zero-order valence-corrected chi connectivity index (χ0v) is 14.6. The molecule has 0 aromatic heterocycles. The van der Waals surface area contributed by atoms with Gasteiger partial charge in [-0.25, -0.2) is 0 Å². The van der Waals surface area contributed by atoms with Crippen LogP contribution >= 0.6 is 0 Å². The molecule has 0 fully saturated rings. The zero-order chi connectivity index (χ0) is 17.2. The summed E-state index contributed by atoms with van der Waals surface area (Å²) in [5.74, 6) is 0.729. The number of benzene rings is 2. The quantitative estimate of drug-likeness (QED) is 0.741. The van der Waals surface area contributed by atoms with E-state index in [1.54, 1.807) is 6.07 Å². The predicted octanol–water partition coefficient (Wildman–Crippen LogP) is 5.44. The van der Waals surface area contributed by atoms with Gasteiger partial charge in [-0.05, 0) is 65.3 Å². The minimum Gasteiger partial charge on any atom is -0.508 e. The number of hydrogen-bond acceptors (Lipinski definition) is 2. The first-order chi connectivity index (χ1) is 10.7. The molecule has 0 spiro atoms. The summed E-state index contributed by atoms with van der Waals surface area (Å²) in [7, 11) is 0. The third-order valence-corrected chi connectivity index (χ3v) is 4.09. The molecule has 2 aromatic carbocycles. The van der Waals surface area contributed by atoms with Crippen LogP contribution in [0.3, 0.4) is 0 Å². The smallest absolute Gasteiger partial charge is 0.122 e. The lowest BCUT2D eigenvalue weighted by molar-refractivity contribution is 0.441. The second-order valence-electron chi connectivity index (χ2n) is 7.06. The van der Waals surface area contributed by atoms with Crippen LogP contribution in [0.2, 0.25) is 0 Å². The van der Waals surface area contributed by atoms with Gasteiger partial charge in [0.05, 0.1) is 0 Å². The lowest BCUT2D eigenvalue weighted by Crippen LogP contribution is -2.12. The zero-order valence-electron chi connectivity index (χ0n) is 14.6. The van der Waals surface area contributed by atoms with Crippen molar-refractivity contribution in [2.24, 2.45) is 0 Å². The molecule has 0 heterocycles. The van der Waals surface area contributed by atoms with Crippen LogP contribution in [0, 0.1) is 6.92 Å². The van der Waals surface area contributed by atoms with Gasteiger partial charge < -0.3 is 10.2 Å². The number of phenols is 2. The van der Waals surface area contributed by atoms with Crippen molar-refractivity contribution in [1.82, 2.24) is 0 Å². The van der Waals surface area contributed by atoms with Crippen LogP contribution in [0.5, 0.6) is 11.5 Å². The fourth-order valence-electron chi connectivity index (χ4n) is 2.63. The molecule has 122 valence electrons. The molecule has 2 rings (SSSR count). The molecular formula is C21H26O2. The Kier molecular flexibility index (Phi) is 4.84. The highest BCUT2D eigenvalue weighted by molar-refractivity contribution is 5.72. The SMILES string of the molecule is CCc1cc(/C=C/c2ccc(O)c(C)c2)cc(C(C)(C)C)c1O. The molecule has 0 aliphatic heterocycles. The normalized spacial score (nSPS) is 12.0. The van der Waals surface area contributed by atoms with Crippen molar-refractivity contribution in [2.75, 3.05) is 0 Å². The van der Waals surface area contributed by atoms with E-state index in [0.29, 0.717) is 11.5 Å². The highest BCUT2D eigenvalue weighted by Crippen LogP contribution is 2.35. The maximum atomic E-state index is 10.4. The van der Waals surface area contributed by atoms with Crippen LogP contribution < -0.4 is 0 Å². The second kappa shape index (κ2) is 6.49. The number of rotatable bonds is 3. The van der Waals surface area contributed by atoms with Crippen LogP contribution in [-0.2, 0) is 11.8 Å². The highest BCUT2D eigenvalue weighted by atomic mass is 16.3. The van der Waals surface area contributed by atoms with Crippen LogP contribution in [0.1, 0.15) is 55.5 Å². The van der Waals surface area contributed by atoms with Crippen LogP contribution in [0.4, 0.5) is 0 Å². The molecule has 0 saturated carbocycles. The van der Waals surface area contributed by atoms with Crippen molar-refractivity contribution >= 4 is 12.2 Å². The Morgan fingerprint density at radius 1 is 0.957 bits per heavy atom. The van der Waals surface area contributed by atoms with Crippen molar-refractivity contribution in [3.05, 3.63) is 58.1 Å². The number of hydrogen-bond donors (Lipinski definition) is 2. The van der Waals surface area contributed by atoms with Gasteiger partial charge in [0.1, 0.15) is 11.5 Å². The topological polar surface area (TPSA) is 40.5 Å². The highest BCUT2D eigenvalue weighted by Gasteiger charge is 2.20. The number of phenolic OH excluding ortho intramolecular Hbond substituents is 2. The number of aryl methyl sites for hydroxylation is 2. The monoisotopic (exact) mass is 310 g/mol. The molecule has 23 heavy (non-hydrogen) atoms. The molecule has 2 nitrogen and oxygen atoms in total. The van der Waals surface area contributed by atoms with Gasteiger partial charge in [0, 0.05) is 5.56 Å². The van der Waals surface area contributed by atoms with Gasteiger partial charge >= 0.3 is 0 Å². The summed E-state index contributed by atoms with van der Waals surface area (Å²) in [6.45, 7) is 10.3. The van der Waals surface area contributed by atoms with E-state index in [4.69, 9.17) is 0 Å². The summed E-state index contributed by atoms with van der Waals surface area (Å²) >= 11 is 0. The van der Waals surface area contributed by atoms with E-state index in [1.165, 1.54) is 0 Å². The van der Waals surface area contributed by atoms with Gasteiger partial charge in [-0.2, -0.15) is 0 Å². The Bertz CT molecular complexity index is 734. The summed E-state index contributed by atoms with van der Waals surface area (Å²) in [6, 6.07) is 9.65. The Morgan fingerprint density at radius 2 is 1.61 bits per heavy atom. The van der Waals surface area contributed by atoms with Crippen molar-refractivity contribution in [3.8, 4) is 11.5 Å². The first-order valence-corrected chi connectivity index (χ1v) is 8.06. The van der Waals surface area contributed by atoms with E-state index in [0.717, 1.165) is 34.2 Å². The van der Waals surface area contributed by atoms with E-state index in [1.807, 2.05) is 31.2 Å². The average Bonchev–Trinajstić information content (AvgIpc) is 2.48. The Hall–Kier alpha value is -2.22. The Labute approximate surface area is 139 Å². The van der Waals surface area contributed by atoms with Crippen LogP contribution in [0.25, 0.3) is 12.2 Å². The van der Waals surface area contributed by atoms with Gasteiger partial charge in [-0.1, -0.05) is 45.9 Å². The van der Waals surface area contributed by atoms with E-state index in [2.05, 4.69) is 39.8 Å². The molecule has 2 aromatic rings. The molecule has 0 saturated heterocycles. The molecule has 0 unspecified atom stereocenters. The largest absolute Gasteiger partial charge is 0.508 e. The van der Waals surface area contributed by atoms with E-state index >= 15 is 0 Å². The minimum absolute atomic E-state index is 0.104. The molecule has 2 heteroatoms. The molecule has 0 bridgehead atoms. The van der Waals surface area contributed by atoms with Crippen molar-refractivity contribution < 1.29 is 10.2 Å². The molecular weight excluding hydrogens is 284 g/mol. The Balaban J connectivity index is 2.43. The fraction of sp³-hybridized carbons (Fsp3) is 0.333. The van der Waals surface area contributed by atoms with Gasteiger partial charge in [0.2, 0.25) is 0 Å². The van der Waals surface area contributed by atoms with E-state index < -0.39 is 0 Å². The Morgan fingerprint density at radius 3 is 2.17 bits per heavy atom. The van der Waals surface area contributed by atoms with E-state index in [-0.39, 0.29) is 5.41 Å². The maximum absolute atomic E-state index is 10.4. The molecule has 2 N–H and O–H groups in total. The lowest BCUT2D eigenvalue weighted by atomic mass is 9.83. The van der Waals surface area contributed by atoms with Crippen LogP contribution in [0.15, 0.2) is 30.3 Å². The first-order valence-electron chi connectivity index (χ1n) is 8.06. The van der Waals surface area contributed by atoms with E-state index in [9.17, 15) is 10.2 Å². The maximum Gasteiger partial charge on any atom is 0.122 e. The molecule has 0 aliphatic carbocycles. The van der Waals surface area contributed by atoms with Gasteiger partial charge in [-0.3, -0.25) is 0 Å². The summed E-state index contributed by atoms with van der Waals surface area (Å²) in [5.41, 5.74) is 4.83. The van der Waals surface area contributed by atoms with Gasteiger partial charge in [0.25, 0.3) is 0 Å². The summed E-state index contributed by atoms with van der Waals surface area (Å²) in [6.07, 6.45) is 4.89. The summed E-state index contributed by atoms with van der Waals surface area (Å²) < 4.78 is 0. The summed E-state index contributed by atoms with van der Waals surface area (Å²) in [4.78, 5) is 0. The third kappa shape index (κ3) is 3.95. The van der Waals surface area contributed by atoms with Gasteiger partial charge in [0.15, 0.2) is 0 Å². The predicted molar refractivity (Wildman–Crippen MR) is 98.0 cm³/mol. The standard InChI is InChI=1S/C21H26O2/c1-6-17-12-16(13-18(20(17)23)21(3,4)5)8-7-15-9-10-19(22)14(2)11-15/h7-13,22-23H,6H2,1-5H3/b8-7+.